The number of halogens is 3. The third-order valence-corrected chi connectivity index (χ3v) is 2.21. The fourth-order valence-corrected chi connectivity index (χ4v) is 1.46. The highest BCUT2D eigenvalue weighted by atomic mass is 19.4. The highest BCUT2D eigenvalue weighted by Gasteiger charge is 2.27. The zero-order valence-electron chi connectivity index (χ0n) is 8.78. The van der Waals surface area contributed by atoms with Crippen LogP contribution in [-0.4, -0.2) is 12.7 Å². The van der Waals surface area contributed by atoms with E-state index < -0.39 is 12.7 Å². The van der Waals surface area contributed by atoms with Crippen LogP contribution in [0.25, 0.3) is 0 Å². The van der Waals surface area contributed by atoms with E-state index in [1.807, 2.05) is 19.1 Å². The molecule has 0 atom stereocenters. The monoisotopic (exact) mass is 217 g/mol. The molecule has 4 heteroatoms. The lowest BCUT2D eigenvalue weighted by atomic mass is 10.1. The minimum atomic E-state index is -4.17. The van der Waals surface area contributed by atoms with E-state index in [-0.39, 0.29) is 0 Å². The Morgan fingerprint density at radius 3 is 2.47 bits per heavy atom. The van der Waals surface area contributed by atoms with Crippen LogP contribution in [0.2, 0.25) is 0 Å². The van der Waals surface area contributed by atoms with Crippen molar-refractivity contribution in [1.29, 1.82) is 0 Å². The van der Waals surface area contributed by atoms with Gasteiger partial charge in [-0.3, -0.25) is 0 Å². The Bertz CT molecular complexity index is 331. The second-order valence-corrected chi connectivity index (χ2v) is 3.43. The van der Waals surface area contributed by atoms with E-state index in [0.29, 0.717) is 5.69 Å². The highest BCUT2D eigenvalue weighted by Crippen LogP contribution is 2.23. The van der Waals surface area contributed by atoms with Gasteiger partial charge in [-0.05, 0) is 24.5 Å². The molecule has 1 N–H and O–H groups in total. The predicted molar refractivity (Wildman–Crippen MR) is 55.1 cm³/mol. The van der Waals surface area contributed by atoms with Gasteiger partial charge in [0.05, 0.1) is 0 Å². The molecule has 0 radical (unpaired) electrons. The van der Waals surface area contributed by atoms with Crippen molar-refractivity contribution in [2.45, 2.75) is 26.4 Å². The molecule has 0 amide bonds. The maximum Gasteiger partial charge on any atom is 0.405 e. The van der Waals surface area contributed by atoms with Gasteiger partial charge in [0.15, 0.2) is 0 Å². The molecular weight excluding hydrogens is 203 g/mol. The standard InChI is InChI=1S/C11H14F3N/c1-3-9-6-4-5-8(2)10(9)15-7-11(12,13)14/h4-6,15H,3,7H2,1-2H3. The summed E-state index contributed by atoms with van der Waals surface area (Å²) in [6, 6.07) is 5.50. The van der Waals surface area contributed by atoms with Gasteiger partial charge in [0, 0.05) is 5.69 Å². The molecule has 0 bridgehead atoms. The van der Waals surface area contributed by atoms with Gasteiger partial charge < -0.3 is 5.32 Å². The first-order chi connectivity index (χ1) is 6.94. The number of para-hydroxylation sites is 1. The molecular formula is C11H14F3N. The number of alkyl halides is 3. The van der Waals surface area contributed by atoms with Crippen LogP contribution < -0.4 is 5.32 Å². The second kappa shape index (κ2) is 4.55. The van der Waals surface area contributed by atoms with E-state index in [1.165, 1.54) is 0 Å². The van der Waals surface area contributed by atoms with E-state index in [1.54, 1.807) is 13.0 Å². The quantitative estimate of drug-likeness (QED) is 0.816. The fraction of sp³-hybridized carbons (Fsp3) is 0.455. The molecule has 0 unspecified atom stereocenters. The molecule has 0 fully saturated rings. The first-order valence-corrected chi connectivity index (χ1v) is 4.83. The molecule has 84 valence electrons. The molecule has 0 saturated carbocycles. The second-order valence-electron chi connectivity index (χ2n) is 3.43. The van der Waals surface area contributed by atoms with Crippen molar-refractivity contribution in [2.24, 2.45) is 0 Å². The van der Waals surface area contributed by atoms with Gasteiger partial charge in [-0.2, -0.15) is 13.2 Å². The molecule has 1 nitrogen and oxygen atoms in total. The van der Waals surface area contributed by atoms with Gasteiger partial charge in [0.1, 0.15) is 6.54 Å². The molecule has 0 heterocycles. The van der Waals surface area contributed by atoms with E-state index in [0.717, 1.165) is 17.5 Å². The molecule has 0 spiro atoms. The van der Waals surface area contributed by atoms with Crippen molar-refractivity contribution in [1.82, 2.24) is 0 Å². The zero-order chi connectivity index (χ0) is 11.5. The number of hydrogen-bond acceptors (Lipinski definition) is 1. The fourth-order valence-electron chi connectivity index (χ4n) is 1.46. The average molecular weight is 217 g/mol. The van der Waals surface area contributed by atoms with Crippen molar-refractivity contribution < 1.29 is 13.2 Å². The normalized spacial score (nSPS) is 11.5. The predicted octanol–water partition coefficient (Wildman–Crippen LogP) is 3.53. The molecule has 1 aromatic carbocycles. The highest BCUT2D eigenvalue weighted by molar-refractivity contribution is 5.57. The Kier molecular flexibility index (Phi) is 3.61. The van der Waals surface area contributed by atoms with E-state index in [2.05, 4.69) is 5.32 Å². The van der Waals surface area contributed by atoms with Gasteiger partial charge in [0.25, 0.3) is 0 Å². The summed E-state index contributed by atoms with van der Waals surface area (Å²) in [5.41, 5.74) is 2.37. The van der Waals surface area contributed by atoms with Crippen molar-refractivity contribution in [3.05, 3.63) is 29.3 Å². The van der Waals surface area contributed by atoms with Gasteiger partial charge in [-0.1, -0.05) is 25.1 Å². The third-order valence-electron chi connectivity index (χ3n) is 2.21. The summed E-state index contributed by atoms with van der Waals surface area (Å²) in [7, 11) is 0. The molecule has 0 aliphatic carbocycles. The average Bonchev–Trinajstić information content (AvgIpc) is 2.14. The summed E-state index contributed by atoms with van der Waals surface area (Å²) in [4.78, 5) is 0. The zero-order valence-corrected chi connectivity index (χ0v) is 8.78. The Morgan fingerprint density at radius 2 is 1.93 bits per heavy atom. The largest absolute Gasteiger partial charge is 0.405 e. The van der Waals surface area contributed by atoms with Gasteiger partial charge >= 0.3 is 6.18 Å². The van der Waals surface area contributed by atoms with Crippen molar-refractivity contribution in [3.63, 3.8) is 0 Å². The first kappa shape index (κ1) is 11.9. The topological polar surface area (TPSA) is 12.0 Å². The number of rotatable bonds is 3. The van der Waals surface area contributed by atoms with Crippen LogP contribution in [0.3, 0.4) is 0 Å². The van der Waals surface area contributed by atoms with Crippen LogP contribution in [0.4, 0.5) is 18.9 Å². The number of aryl methyl sites for hydroxylation is 2. The minimum Gasteiger partial charge on any atom is -0.376 e. The third kappa shape index (κ3) is 3.46. The Morgan fingerprint density at radius 1 is 1.27 bits per heavy atom. The molecule has 0 aromatic heterocycles. The maximum atomic E-state index is 12.0. The van der Waals surface area contributed by atoms with Crippen LogP contribution in [0.5, 0.6) is 0 Å². The number of benzene rings is 1. The summed E-state index contributed by atoms with van der Waals surface area (Å²) >= 11 is 0. The number of hydrogen-bond donors (Lipinski definition) is 1. The van der Waals surface area contributed by atoms with Crippen LogP contribution in [0, 0.1) is 6.92 Å². The number of nitrogens with one attached hydrogen (secondary N) is 1. The SMILES string of the molecule is CCc1cccc(C)c1NCC(F)(F)F. The smallest absolute Gasteiger partial charge is 0.376 e. The van der Waals surface area contributed by atoms with Crippen LogP contribution in [0.1, 0.15) is 18.1 Å². The summed E-state index contributed by atoms with van der Waals surface area (Å²) in [6.45, 7) is 2.75. The van der Waals surface area contributed by atoms with Gasteiger partial charge in [-0.25, -0.2) is 0 Å². The van der Waals surface area contributed by atoms with E-state index in [4.69, 9.17) is 0 Å². The van der Waals surface area contributed by atoms with Crippen LogP contribution in [0.15, 0.2) is 18.2 Å². The van der Waals surface area contributed by atoms with Crippen molar-refractivity contribution in [2.75, 3.05) is 11.9 Å². The molecule has 15 heavy (non-hydrogen) atoms. The lowest BCUT2D eigenvalue weighted by Gasteiger charge is -2.15. The van der Waals surface area contributed by atoms with Gasteiger partial charge in [-0.15, -0.1) is 0 Å². The molecule has 0 aliphatic heterocycles. The molecule has 1 aromatic rings. The summed E-state index contributed by atoms with van der Waals surface area (Å²) in [5.74, 6) is 0. The Balaban J connectivity index is 2.83. The van der Waals surface area contributed by atoms with E-state index in [9.17, 15) is 13.2 Å². The Hall–Kier alpha value is -1.19. The maximum absolute atomic E-state index is 12.0. The number of anilines is 1. The molecule has 0 saturated heterocycles. The van der Waals surface area contributed by atoms with Crippen molar-refractivity contribution >= 4 is 5.69 Å². The first-order valence-electron chi connectivity index (χ1n) is 4.83. The summed E-state index contributed by atoms with van der Waals surface area (Å²) < 4.78 is 36.1. The lowest BCUT2D eigenvalue weighted by Crippen LogP contribution is -2.22. The summed E-state index contributed by atoms with van der Waals surface area (Å²) in [6.07, 6.45) is -3.45. The Labute approximate surface area is 87.3 Å². The molecule has 1 rings (SSSR count). The molecule has 0 aliphatic rings. The van der Waals surface area contributed by atoms with Crippen LogP contribution in [-0.2, 0) is 6.42 Å². The van der Waals surface area contributed by atoms with Crippen molar-refractivity contribution in [3.8, 4) is 0 Å². The van der Waals surface area contributed by atoms with Crippen LogP contribution >= 0.6 is 0 Å². The van der Waals surface area contributed by atoms with E-state index >= 15 is 0 Å². The van der Waals surface area contributed by atoms with Gasteiger partial charge in [0.2, 0.25) is 0 Å². The minimum absolute atomic E-state index is 0.609. The summed E-state index contributed by atoms with van der Waals surface area (Å²) in [5, 5.41) is 2.45. The lowest BCUT2D eigenvalue weighted by molar-refractivity contribution is -0.115.